The summed E-state index contributed by atoms with van der Waals surface area (Å²) in [5.41, 5.74) is 3.96. The number of nitrogens with zero attached hydrogens (tertiary/aromatic N) is 3. The minimum absolute atomic E-state index is 0.151. The van der Waals surface area contributed by atoms with Gasteiger partial charge in [-0.2, -0.15) is 0 Å². The molecule has 1 amide bonds. The monoisotopic (exact) mass is 407 g/mol. The van der Waals surface area contributed by atoms with Gasteiger partial charge in [-0.15, -0.1) is 11.3 Å². The third kappa shape index (κ3) is 4.38. The van der Waals surface area contributed by atoms with E-state index in [4.69, 9.17) is 0 Å². The minimum Gasteiger partial charge on any atom is -0.338 e. The number of carbonyl (C=O) groups excluding carboxylic acids is 1. The molecule has 2 aromatic heterocycles. The van der Waals surface area contributed by atoms with E-state index < -0.39 is 0 Å². The fraction of sp³-hybridized carbons (Fsp3) is 0.217. The molecule has 4 rings (SSSR count). The number of hydrogen-bond donors (Lipinski definition) is 0. The van der Waals surface area contributed by atoms with E-state index in [1.165, 1.54) is 12.1 Å². The van der Waals surface area contributed by atoms with Crippen LogP contribution in [0, 0.1) is 5.82 Å². The average molecular weight is 408 g/mol. The second-order valence-corrected chi connectivity index (χ2v) is 7.75. The third-order valence-electron chi connectivity index (χ3n) is 4.93. The van der Waals surface area contributed by atoms with Crippen molar-refractivity contribution in [2.45, 2.75) is 26.3 Å². The van der Waals surface area contributed by atoms with Crippen LogP contribution in [0.25, 0.3) is 16.2 Å². The topological polar surface area (TPSA) is 37.6 Å². The quantitative estimate of drug-likeness (QED) is 0.423. The summed E-state index contributed by atoms with van der Waals surface area (Å²) in [7, 11) is 0. The van der Waals surface area contributed by atoms with Crippen LogP contribution in [-0.4, -0.2) is 26.7 Å². The second-order valence-electron chi connectivity index (χ2n) is 6.92. The summed E-state index contributed by atoms with van der Waals surface area (Å²) in [4.78, 5) is 19.9. The third-order valence-corrected chi connectivity index (χ3v) is 5.82. The van der Waals surface area contributed by atoms with E-state index in [0.29, 0.717) is 19.5 Å². The van der Waals surface area contributed by atoms with Crippen LogP contribution in [0.1, 0.15) is 24.6 Å². The van der Waals surface area contributed by atoms with Crippen molar-refractivity contribution in [2.24, 2.45) is 0 Å². The summed E-state index contributed by atoms with van der Waals surface area (Å²) in [6.07, 6.45) is 3.22. The van der Waals surface area contributed by atoms with Gasteiger partial charge in [0, 0.05) is 48.8 Å². The summed E-state index contributed by atoms with van der Waals surface area (Å²) in [6, 6.07) is 16.4. The summed E-state index contributed by atoms with van der Waals surface area (Å²) < 4.78 is 15.3. The van der Waals surface area contributed by atoms with Crippen molar-refractivity contribution in [2.75, 3.05) is 6.54 Å². The van der Waals surface area contributed by atoms with Gasteiger partial charge in [0.15, 0.2) is 4.96 Å². The first kappa shape index (κ1) is 19.3. The van der Waals surface area contributed by atoms with E-state index in [9.17, 15) is 9.18 Å². The molecule has 0 unspecified atom stereocenters. The van der Waals surface area contributed by atoms with Crippen molar-refractivity contribution in [3.05, 3.63) is 83.2 Å². The van der Waals surface area contributed by atoms with Crippen LogP contribution in [0.4, 0.5) is 4.39 Å². The smallest absolute Gasteiger partial charge is 0.222 e. The van der Waals surface area contributed by atoms with E-state index >= 15 is 0 Å². The predicted octanol–water partition coefficient (Wildman–Crippen LogP) is 5.18. The Morgan fingerprint density at radius 1 is 1.14 bits per heavy atom. The minimum atomic E-state index is -0.255. The summed E-state index contributed by atoms with van der Waals surface area (Å²) >= 11 is 1.58. The number of amides is 1. The Balaban J connectivity index is 1.51. The molecule has 148 valence electrons. The molecule has 0 fully saturated rings. The van der Waals surface area contributed by atoms with Crippen LogP contribution in [0.5, 0.6) is 0 Å². The molecule has 4 nitrogen and oxygen atoms in total. The van der Waals surface area contributed by atoms with E-state index in [0.717, 1.165) is 33.9 Å². The molecular formula is C23H22FN3OS. The van der Waals surface area contributed by atoms with Crippen LogP contribution in [-0.2, 0) is 17.8 Å². The maximum absolute atomic E-state index is 13.2. The lowest BCUT2D eigenvalue weighted by atomic mass is 10.2. The maximum Gasteiger partial charge on any atom is 0.222 e. The van der Waals surface area contributed by atoms with Gasteiger partial charge < -0.3 is 4.90 Å². The number of rotatable bonds is 7. The highest BCUT2D eigenvalue weighted by Gasteiger charge is 2.15. The highest BCUT2D eigenvalue weighted by molar-refractivity contribution is 7.15. The molecule has 0 spiro atoms. The molecule has 0 aliphatic rings. The molecule has 0 N–H and O–H groups in total. The van der Waals surface area contributed by atoms with Crippen LogP contribution < -0.4 is 0 Å². The molecule has 6 heteroatoms. The zero-order valence-corrected chi connectivity index (χ0v) is 17.0. The van der Waals surface area contributed by atoms with Crippen molar-refractivity contribution in [1.29, 1.82) is 0 Å². The molecule has 2 heterocycles. The molecule has 0 bridgehead atoms. The van der Waals surface area contributed by atoms with Crippen LogP contribution in [0.3, 0.4) is 0 Å². The Morgan fingerprint density at radius 3 is 2.62 bits per heavy atom. The van der Waals surface area contributed by atoms with E-state index in [-0.39, 0.29) is 11.7 Å². The standard InChI is InChI=1S/C23H22FN3OS/c1-2-22(28)26(14-17-6-4-3-5-7-17)13-12-20-16-29-23-25-21(15-27(20)23)18-8-10-19(24)11-9-18/h3-11,15-16H,2,12-14H2,1H3. The predicted molar refractivity (Wildman–Crippen MR) is 114 cm³/mol. The number of hydrogen-bond acceptors (Lipinski definition) is 3. The van der Waals surface area contributed by atoms with Gasteiger partial charge in [0.2, 0.25) is 5.91 Å². The fourth-order valence-corrected chi connectivity index (χ4v) is 4.25. The van der Waals surface area contributed by atoms with Crippen molar-refractivity contribution in [3.8, 4) is 11.3 Å². The molecule has 0 radical (unpaired) electrons. The summed E-state index contributed by atoms with van der Waals surface area (Å²) in [5, 5.41) is 2.09. The van der Waals surface area contributed by atoms with Crippen LogP contribution in [0.15, 0.2) is 66.2 Å². The Bertz CT molecular complexity index is 1100. The van der Waals surface area contributed by atoms with Crippen molar-refractivity contribution < 1.29 is 9.18 Å². The average Bonchev–Trinajstić information content (AvgIpc) is 3.33. The summed E-state index contributed by atoms with van der Waals surface area (Å²) in [5.74, 6) is -0.104. The van der Waals surface area contributed by atoms with E-state index in [1.54, 1.807) is 23.5 Å². The van der Waals surface area contributed by atoms with Gasteiger partial charge in [-0.25, -0.2) is 9.37 Å². The van der Waals surface area contributed by atoms with Crippen molar-refractivity contribution in [3.63, 3.8) is 0 Å². The molecule has 0 saturated carbocycles. The van der Waals surface area contributed by atoms with Gasteiger partial charge in [-0.3, -0.25) is 9.20 Å². The Labute approximate surface area is 173 Å². The van der Waals surface area contributed by atoms with Gasteiger partial charge in [0.05, 0.1) is 5.69 Å². The molecule has 0 aliphatic heterocycles. The first-order chi connectivity index (χ1) is 14.1. The zero-order chi connectivity index (χ0) is 20.2. The van der Waals surface area contributed by atoms with Gasteiger partial charge in [0.1, 0.15) is 5.82 Å². The van der Waals surface area contributed by atoms with E-state index in [1.807, 2.05) is 48.4 Å². The first-order valence-electron chi connectivity index (χ1n) is 9.67. The lowest BCUT2D eigenvalue weighted by Gasteiger charge is -2.22. The largest absolute Gasteiger partial charge is 0.338 e. The highest BCUT2D eigenvalue weighted by atomic mass is 32.1. The molecular weight excluding hydrogens is 385 g/mol. The zero-order valence-electron chi connectivity index (χ0n) is 16.2. The SMILES string of the molecule is CCC(=O)N(CCc1csc2nc(-c3ccc(F)cc3)cn12)Cc1ccccc1. The van der Waals surface area contributed by atoms with Crippen LogP contribution in [0.2, 0.25) is 0 Å². The molecule has 4 aromatic rings. The summed E-state index contributed by atoms with van der Waals surface area (Å²) in [6.45, 7) is 3.16. The van der Waals surface area contributed by atoms with Crippen LogP contribution >= 0.6 is 11.3 Å². The lowest BCUT2D eigenvalue weighted by Crippen LogP contribution is -2.32. The normalized spacial score (nSPS) is 11.1. The van der Waals surface area contributed by atoms with Crippen molar-refractivity contribution >= 4 is 22.2 Å². The molecule has 2 aromatic carbocycles. The Hall–Kier alpha value is -2.99. The number of imidazole rings is 1. The maximum atomic E-state index is 13.2. The van der Waals surface area contributed by atoms with Gasteiger partial charge in [-0.05, 0) is 29.8 Å². The Kier molecular flexibility index (Phi) is 5.71. The highest BCUT2D eigenvalue weighted by Crippen LogP contribution is 2.24. The molecule has 0 saturated heterocycles. The van der Waals surface area contributed by atoms with Gasteiger partial charge in [0.25, 0.3) is 0 Å². The van der Waals surface area contributed by atoms with Gasteiger partial charge >= 0.3 is 0 Å². The number of halogens is 1. The van der Waals surface area contributed by atoms with E-state index in [2.05, 4.69) is 14.8 Å². The second kappa shape index (κ2) is 8.57. The number of aromatic nitrogens is 2. The van der Waals surface area contributed by atoms with Crippen molar-refractivity contribution in [1.82, 2.24) is 14.3 Å². The molecule has 0 atom stereocenters. The number of benzene rings is 2. The van der Waals surface area contributed by atoms with Gasteiger partial charge in [-0.1, -0.05) is 37.3 Å². The number of fused-ring (bicyclic) bond motifs is 1. The lowest BCUT2D eigenvalue weighted by molar-refractivity contribution is -0.131. The fourth-order valence-electron chi connectivity index (χ4n) is 3.34. The number of thiazole rings is 1. The molecule has 0 aliphatic carbocycles. The molecule has 29 heavy (non-hydrogen) atoms. The number of carbonyl (C=O) groups is 1. The Morgan fingerprint density at radius 2 is 1.90 bits per heavy atom. The first-order valence-corrected chi connectivity index (χ1v) is 10.5.